The van der Waals surface area contributed by atoms with Crippen molar-refractivity contribution in [2.24, 2.45) is 5.10 Å². The number of aromatic nitrogens is 2. The van der Waals surface area contributed by atoms with Crippen LogP contribution in [0.1, 0.15) is 44.1 Å². The van der Waals surface area contributed by atoms with E-state index in [0.29, 0.717) is 19.0 Å². The summed E-state index contributed by atoms with van der Waals surface area (Å²) in [5, 5.41) is 4.51. The molecule has 0 spiro atoms. The summed E-state index contributed by atoms with van der Waals surface area (Å²) in [6, 6.07) is 17.4. The van der Waals surface area contributed by atoms with Crippen LogP contribution in [0.2, 0.25) is 0 Å². The first kappa shape index (κ1) is 26.6. The molecule has 2 fully saturated rings. The van der Waals surface area contributed by atoms with E-state index in [1.54, 1.807) is 13.3 Å². The van der Waals surface area contributed by atoms with Gasteiger partial charge in [-0.15, -0.1) is 0 Å². The van der Waals surface area contributed by atoms with E-state index in [4.69, 9.17) is 24.2 Å². The summed E-state index contributed by atoms with van der Waals surface area (Å²) in [6.45, 7) is 4.88. The molecular formula is C30H38N6O3. The van der Waals surface area contributed by atoms with Gasteiger partial charge in [0.2, 0.25) is 5.95 Å². The standard InChI is InChI=1S/C30H38N6O3/c1-37-25-12-10-13-26(21-25)38-19-20-39-27-14-5-4-11-24(27)23-31-34-28-22-29(35-15-6-2-7-16-35)33-30(32-28)36-17-8-3-9-18-36/h4-5,10-14,21-23H,2-3,6-9,15-20H2,1H3,(H,32,33,34)/b31-23-. The molecule has 1 aromatic heterocycles. The number of piperidine rings is 2. The fourth-order valence-electron chi connectivity index (χ4n) is 4.89. The molecule has 0 saturated carbocycles. The van der Waals surface area contributed by atoms with Crippen molar-refractivity contribution in [3.8, 4) is 17.2 Å². The maximum absolute atomic E-state index is 6.00. The Kier molecular flexibility index (Phi) is 9.33. The normalized spacial score (nSPS) is 15.8. The van der Waals surface area contributed by atoms with E-state index in [1.807, 2.05) is 54.6 Å². The zero-order valence-electron chi connectivity index (χ0n) is 22.7. The van der Waals surface area contributed by atoms with E-state index >= 15 is 0 Å². The van der Waals surface area contributed by atoms with E-state index in [1.165, 1.54) is 38.5 Å². The second kappa shape index (κ2) is 13.7. The van der Waals surface area contributed by atoms with Gasteiger partial charge >= 0.3 is 0 Å². The highest BCUT2D eigenvalue weighted by Crippen LogP contribution is 2.25. The molecule has 9 nitrogen and oxygen atoms in total. The minimum absolute atomic E-state index is 0.403. The van der Waals surface area contributed by atoms with Crippen LogP contribution in [0, 0.1) is 0 Å². The van der Waals surface area contributed by atoms with Gasteiger partial charge in [-0.25, -0.2) is 0 Å². The van der Waals surface area contributed by atoms with E-state index < -0.39 is 0 Å². The average Bonchev–Trinajstić information content (AvgIpc) is 3.01. The minimum Gasteiger partial charge on any atom is -0.497 e. The van der Waals surface area contributed by atoms with Crippen LogP contribution in [0.4, 0.5) is 17.6 Å². The third-order valence-corrected chi connectivity index (χ3v) is 6.97. The lowest BCUT2D eigenvalue weighted by molar-refractivity contribution is 0.216. The molecule has 0 radical (unpaired) electrons. The van der Waals surface area contributed by atoms with Gasteiger partial charge in [0.05, 0.1) is 13.3 Å². The second-order valence-electron chi connectivity index (χ2n) is 9.79. The van der Waals surface area contributed by atoms with Crippen LogP contribution in [0.25, 0.3) is 0 Å². The molecule has 1 N–H and O–H groups in total. The molecule has 39 heavy (non-hydrogen) atoms. The van der Waals surface area contributed by atoms with Crippen molar-refractivity contribution < 1.29 is 14.2 Å². The van der Waals surface area contributed by atoms with Gasteiger partial charge in [0, 0.05) is 43.9 Å². The summed E-state index contributed by atoms with van der Waals surface area (Å²) in [4.78, 5) is 14.4. The quantitative estimate of drug-likeness (QED) is 0.201. The molecule has 2 aromatic carbocycles. The number of rotatable bonds is 11. The SMILES string of the molecule is COc1cccc(OCCOc2ccccc2/C=N\Nc2cc(N3CCCCC3)nc(N3CCCCC3)n2)c1. The van der Waals surface area contributed by atoms with Crippen molar-refractivity contribution in [1.29, 1.82) is 0 Å². The van der Waals surface area contributed by atoms with E-state index in [-0.39, 0.29) is 0 Å². The fourth-order valence-corrected chi connectivity index (χ4v) is 4.89. The molecule has 0 amide bonds. The summed E-state index contributed by atoms with van der Waals surface area (Å²) >= 11 is 0. The molecule has 2 aliphatic rings. The number of nitrogens with zero attached hydrogens (tertiary/aromatic N) is 5. The zero-order valence-corrected chi connectivity index (χ0v) is 22.7. The van der Waals surface area contributed by atoms with Crippen molar-refractivity contribution in [1.82, 2.24) is 9.97 Å². The number of anilines is 3. The topological polar surface area (TPSA) is 84.3 Å². The average molecular weight is 531 g/mol. The fraction of sp³-hybridized carbons (Fsp3) is 0.433. The Hall–Kier alpha value is -4.01. The number of para-hydroxylation sites is 1. The van der Waals surface area contributed by atoms with Gasteiger partial charge in [-0.1, -0.05) is 18.2 Å². The Bertz CT molecular complexity index is 1190. The number of benzene rings is 2. The van der Waals surface area contributed by atoms with Crippen molar-refractivity contribution in [3.05, 3.63) is 60.2 Å². The lowest BCUT2D eigenvalue weighted by Gasteiger charge is -2.31. The molecule has 9 heteroatoms. The maximum Gasteiger partial charge on any atom is 0.229 e. The van der Waals surface area contributed by atoms with Crippen LogP contribution in [-0.4, -0.2) is 62.7 Å². The summed E-state index contributed by atoms with van der Waals surface area (Å²) < 4.78 is 17.0. The molecule has 0 bridgehead atoms. The summed E-state index contributed by atoms with van der Waals surface area (Å²) in [6.07, 6.45) is 9.08. The van der Waals surface area contributed by atoms with Gasteiger partial charge in [0.25, 0.3) is 0 Å². The van der Waals surface area contributed by atoms with Gasteiger partial charge < -0.3 is 24.0 Å². The molecule has 2 saturated heterocycles. The van der Waals surface area contributed by atoms with E-state index in [9.17, 15) is 0 Å². The van der Waals surface area contributed by atoms with Gasteiger partial charge in [-0.3, -0.25) is 5.43 Å². The van der Waals surface area contributed by atoms with Crippen LogP contribution in [0.3, 0.4) is 0 Å². The molecule has 3 heterocycles. The highest BCUT2D eigenvalue weighted by Gasteiger charge is 2.19. The number of ether oxygens (including phenoxy) is 3. The summed E-state index contributed by atoms with van der Waals surface area (Å²) in [5.74, 6) is 4.71. The summed E-state index contributed by atoms with van der Waals surface area (Å²) in [5.41, 5.74) is 4.02. The second-order valence-corrected chi connectivity index (χ2v) is 9.79. The highest BCUT2D eigenvalue weighted by molar-refractivity contribution is 5.84. The van der Waals surface area contributed by atoms with Crippen molar-refractivity contribution in [2.75, 3.05) is 61.7 Å². The molecule has 0 atom stereocenters. The minimum atomic E-state index is 0.403. The number of methoxy groups -OCH3 is 1. The molecule has 2 aliphatic heterocycles. The van der Waals surface area contributed by atoms with E-state index in [0.717, 1.165) is 60.8 Å². The first-order valence-corrected chi connectivity index (χ1v) is 14.0. The lowest BCUT2D eigenvalue weighted by atomic mass is 10.1. The van der Waals surface area contributed by atoms with Gasteiger partial charge in [-0.2, -0.15) is 15.1 Å². The van der Waals surface area contributed by atoms with Crippen molar-refractivity contribution in [2.45, 2.75) is 38.5 Å². The molecule has 5 rings (SSSR count). The van der Waals surface area contributed by atoms with Crippen LogP contribution in [0.5, 0.6) is 17.2 Å². The van der Waals surface area contributed by atoms with Gasteiger partial charge in [0.15, 0.2) is 5.82 Å². The van der Waals surface area contributed by atoms with Crippen molar-refractivity contribution >= 4 is 23.8 Å². The molecule has 3 aromatic rings. The Morgan fingerprint density at radius 3 is 2.31 bits per heavy atom. The Morgan fingerprint density at radius 2 is 1.51 bits per heavy atom. The van der Waals surface area contributed by atoms with Gasteiger partial charge in [0.1, 0.15) is 36.3 Å². The number of hydrogen-bond donors (Lipinski definition) is 1. The molecular weight excluding hydrogens is 492 g/mol. The van der Waals surface area contributed by atoms with E-state index in [2.05, 4.69) is 20.3 Å². The van der Waals surface area contributed by atoms with Crippen LogP contribution < -0.4 is 29.4 Å². The molecule has 0 aliphatic carbocycles. The van der Waals surface area contributed by atoms with Gasteiger partial charge in [-0.05, 0) is 62.8 Å². The first-order chi connectivity index (χ1) is 19.3. The summed E-state index contributed by atoms with van der Waals surface area (Å²) in [7, 11) is 1.64. The Balaban J connectivity index is 1.22. The Labute approximate surface area is 230 Å². The predicted molar refractivity (Wildman–Crippen MR) is 156 cm³/mol. The maximum atomic E-state index is 6.00. The third-order valence-electron chi connectivity index (χ3n) is 6.97. The van der Waals surface area contributed by atoms with Crippen LogP contribution in [0.15, 0.2) is 59.7 Å². The Morgan fingerprint density at radius 1 is 0.795 bits per heavy atom. The number of hydrazone groups is 1. The smallest absolute Gasteiger partial charge is 0.229 e. The van der Waals surface area contributed by atoms with Crippen LogP contribution in [-0.2, 0) is 0 Å². The monoisotopic (exact) mass is 530 g/mol. The first-order valence-electron chi connectivity index (χ1n) is 14.0. The zero-order chi connectivity index (χ0) is 26.7. The number of nitrogens with one attached hydrogen (secondary N) is 1. The third kappa shape index (κ3) is 7.52. The molecule has 0 unspecified atom stereocenters. The van der Waals surface area contributed by atoms with Crippen molar-refractivity contribution in [3.63, 3.8) is 0 Å². The largest absolute Gasteiger partial charge is 0.497 e. The lowest BCUT2D eigenvalue weighted by Crippen LogP contribution is -2.33. The molecule has 206 valence electrons. The highest BCUT2D eigenvalue weighted by atomic mass is 16.5. The predicted octanol–water partition coefficient (Wildman–Crippen LogP) is 5.37. The van der Waals surface area contributed by atoms with Crippen LogP contribution >= 0.6 is 0 Å². The number of hydrogen-bond acceptors (Lipinski definition) is 9.